The second-order valence-corrected chi connectivity index (χ2v) is 3.26. The summed E-state index contributed by atoms with van der Waals surface area (Å²) in [6.07, 6.45) is -0.645. The Hall–Kier alpha value is -1.75. The van der Waals surface area contributed by atoms with Crippen LogP contribution in [0, 0.1) is 0 Å². The third-order valence-corrected chi connectivity index (χ3v) is 1.78. The molecule has 0 fully saturated rings. The third kappa shape index (κ3) is 3.14. The van der Waals surface area contributed by atoms with Gasteiger partial charge in [0.15, 0.2) is 0 Å². The summed E-state index contributed by atoms with van der Waals surface area (Å²) >= 11 is 0. The molecule has 15 heavy (non-hydrogen) atoms. The Morgan fingerprint density at radius 1 is 1.47 bits per heavy atom. The van der Waals surface area contributed by atoms with Crippen LogP contribution < -0.4 is 5.32 Å². The number of phenols is 2. The molecule has 1 atom stereocenters. The highest BCUT2D eigenvalue weighted by Gasteiger charge is 2.11. The average molecular weight is 211 g/mol. The number of carbonyl (C=O) groups excluding carboxylic acids is 1. The number of hydrogen-bond donors (Lipinski definition) is 4. The number of amides is 1. The first kappa shape index (κ1) is 11.3. The number of nitrogens with one attached hydrogen (secondary N) is 1. The summed E-state index contributed by atoms with van der Waals surface area (Å²) in [6, 6.07) is 3.69. The number of hydrogen-bond acceptors (Lipinski definition) is 4. The van der Waals surface area contributed by atoms with Crippen LogP contribution in [0.2, 0.25) is 0 Å². The molecule has 0 aliphatic carbocycles. The van der Waals surface area contributed by atoms with Crippen molar-refractivity contribution in [3.8, 4) is 11.5 Å². The van der Waals surface area contributed by atoms with Crippen molar-refractivity contribution in [2.24, 2.45) is 0 Å². The zero-order valence-corrected chi connectivity index (χ0v) is 8.27. The molecule has 1 rings (SSSR count). The Morgan fingerprint density at radius 2 is 2.13 bits per heavy atom. The maximum atomic E-state index is 11.4. The standard InChI is InChI=1S/C10H13NO4/c1-6(12)5-11-10(15)8-3-2-7(13)4-9(8)14/h2-4,6,12-14H,5H2,1H3,(H,11,15)/t6-/m1/s1. The van der Waals surface area contributed by atoms with Gasteiger partial charge >= 0.3 is 0 Å². The van der Waals surface area contributed by atoms with Gasteiger partial charge in [0.25, 0.3) is 5.91 Å². The van der Waals surface area contributed by atoms with E-state index in [1.807, 2.05) is 0 Å². The van der Waals surface area contributed by atoms with Crippen LogP contribution in [0.5, 0.6) is 11.5 Å². The van der Waals surface area contributed by atoms with Gasteiger partial charge in [-0.25, -0.2) is 0 Å². The predicted octanol–water partition coefficient (Wildman–Crippen LogP) is 0.208. The highest BCUT2D eigenvalue weighted by atomic mass is 16.3. The van der Waals surface area contributed by atoms with Crippen LogP contribution in [0.4, 0.5) is 0 Å². The zero-order chi connectivity index (χ0) is 11.4. The van der Waals surface area contributed by atoms with Crippen molar-refractivity contribution >= 4 is 5.91 Å². The molecule has 5 nitrogen and oxygen atoms in total. The summed E-state index contributed by atoms with van der Waals surface area (Å²) < 4.78 is 0. The van der Waals surface area contributed by atoms with Gasteiger partial charge in [0.1, 0.15) is 11.5 Å². The van der Waals surface area contributed by atoms with E-state index in [1.165, 1.54) is 19.1 Å². The van der Waals surface area contributed by atoms with Crippen LogP contribution in [-0.4, -0.2) is 33.9 Å². The molecule has 0 aliphatic heterocycles. The smallest absolute Gasteiger partial charge is 0.255 e. The maximum Gasteiger partial charge on any atom is 0.255 e. The highest BCUT2D eigenvalue weighted by Crippen LogP contribution is 2.22. The molecule has 82 valence electrons. The second-order valence-electron chi connectivity index (χ2n) is 3.26. The van der Waals surface area contributed by atoms with E-state index in [4.69, 9.17) is 10.2 Å². The zero-order valence-electron chi connectivity index (χ0n) is 8.27. The molecule has 0 saturated carbocycles. The molecule has 5 heteroatoms. The van der Waals surface area contributed by atoms with Crippen molar-refractivity contribution < 1.29 is 20.1 Å². The molecule has 0 aromatic heterocycles. The summed E-state index contributed by atoms with van der Waals surface area (Å²) in [6.45, 7) is 1.65. The predicted molar refractivity (Wildman–Crippen MR) is 53.8 cm³/mol. The summed E-state index contributed by atoms with van der Waals surface area (Å²) in [4.78, 5) is 11.4. The van der Waals surface area contributed by atoms with Crippen LogP contribution >= 0.6 is 0 Å². The van der Waals surface area contributed by atoms with Crippen molar-refractivity contribution in [1.82, 2.24) is 5.32 Å². The lowest BCUT2D eigenvalue weighted by molar-refractivity contribution is 0.0921. The Kier molecular flexibility index (Phi) is 3.51. The number of aliphatic hydroxyl groups is 1. The van der Waals surface area contributed by atoms with Gasteiger partial charge in [-0.05, 0) is 19.1 Å². The van der Waals surface area contributed by atoms with Gasteiger partial charge in [-0.1, -0.05) is 0 Å². The molecule has 4 N–H and O–H groups in total. The Morgan fingerprint density at radius 3 is 2.67 bits per heavy atom. The lowest BCUT2D eigenvalue weighted by Crippen LogP contribution is -2.30. The number of rotatable bonds is 3. The number of aliphatic hydroxyl groups excluding tert-OH is 1. The number of aromatic hydroxyl groups is 2. The maximum absolute atomic E-state index is 11.4. The summed E-state index contributed by atoms with van der Waals surface area (Å²) in [5, 5.41) is 29.7. The van der Waals surface area contributed by atoms with Crippen LogP contribution in [0.1, 0.15) is 17.3 Å². The minimum absolute atomic E-state index is 0.0634. The fourth-order valence-electron chi connectivity index (χ4n) is 1.05. The fourth-order valence-corrected chi connectivity index (χ4v) is 1.05. The van der Waals surface area contributed by atoms with Crippen LogP contribution in [0.25, 0.3) is 0 Å². The summed E-state index contributed by atoms with van der Waals surface area (Å²) in [5.41, 5.74) is 0.0634. The molecule has 0 spiro atoms. The SMILES string of the molecule is C[C@@H](O)CNC(=O)c1ccc(O)cc1O. The largest absolute Gasteiger partial charge is 0.508 e. The van der Waals surface area contributed by atoms with E-state index >= 15 is 0 Å². The molecule has 0 bridgehead atoms. The Labute approximate surface area is 87.0 Å². The van der Waals surface area contributed by atoms with Crippen molar-refractivity contribution in [2.45, 2.75) is 13.0 Å². The molecule has 0 heterocycles. The topological polar surface area (TPSA) is 89.8 Å². The van der Waals surface area contributed by atoms with Gasteiger partial charge in [0.2, 0.25) is 0 Å². The van der Waals surface area contributed by atoms with Crippen LogP contribution in [0.3, 0.4) is 0 Å². The van der Waals surface area contributed by atoms with Crippen molar-refractivity contribution in [3.63, 3.8) is 0 Å². The number of benzene rings is 1. The lowest BCUT2D eigenvalue weighted by atomic mass is 10.2. The third-order valence-electron chi connectivity index (χ3n) is 1.78. The van der Waals surface area contributed by atoms with Gasteiger partial charge < -0.3 is 20.6 Å². The van der Waals surface area contributed by atoms with E-state index in [1.54, 1.807) is 0 Å². The van der Waals surface area contributed by atoms with E-state index in [0.717, 1.165) is 6.07 Å². The monoisotopic (exact) mass is 211 g/mol. The van der Waals surface area contributed by atoms with Gasteiger partial charge in [-0.3, -0.25) is 4.79 Å². The first-order chi connectivity index (χ1) is 7.00. The van der Waals surface area contributed by atoms with E-state index in [9.17, 15) is 9.90 Å². The second kappa shape index (κ2) is 4.65. The van der Waals surface area contributed by atoms with Gasteiger partial charge in [-0.2, -0.15) is 0 Å². The first-order valence-corrected chi connectivity index (χ1v) is 4.49. The number of carbonyl (C=O) groups is 1. The molecule has 0 aliphatic rings. The van der Waals surface area contributed by atoms with Crippen LogP contribution in [0.15, 0.2) is 18.2 Å². The molecule has 1 amide bonds. The Balaban J connectivity index is 2.74. The van der Waals surface area contributed by atoms with Crippen molar-refractivity contribution in [1.29, 1.82) is 0 Å². The quantitative estimate of drug-likeness (QED) is 0.575. The van der Waals surface area contributed by atoms with Gasteiger partial charge in [0.05, 0.1) is 11.7 Å². The van der Waals surface area contributed by atoms with E-state index in [-0.39, 0.29) is 23.6 Å². The van der Waals surface area contributed by atoms with Crippen LogP contribution in [-0.2, 0) is 0 Å². The fraction of sp³-hybridized carbons (Fsp3) is 0.300. The van der Waals surface area contributed by atoms with Crippen molar-refractivity contribution in [2.75, 3.05) is 6.54 Å². The molecule has 0 radical (unpaired) electrons. The van der Waals surface area contributed by atoms with Gasteiger partial charge in [0, 0.05) is 12.6 Å². The first-order valence-electron chi connectivity index (χ1n) is 4.49. The molecule has 1 aromatic carbocycles. The number of phenolic OH excluding ortho intramolecular Hbond substituents is 2. The normalized spacial score (nSPS) is 12.1. The summed E-state index contributed by atoms with van der Waals surface area (Å²) in [5.74, 6) is -0.897. The van der Waals surface area contributed by atoms with Crippen molar-refractivity contribution in [3.05, 3.63) is 23.8 Å². The van der Waals surface area contributed by atoms with Gasteiger partial charge in [-0.15, -0.1) is 0 Å². The van der Waals surface area contributed by atoms with E-state index < -0.39 is 12.0 Å². The summed E-state index contributed by atoms with van der Waals surface area (Å²) in [7, 11) is 0. The molecule has 1 aromatic rings. The minimum atomic E-state index is -0.645. The molecule has 0 saturated heterocycles. The Bertz CT molecular complexity index is 362. The van der Waals surface area contributed by atoms with E-state index in [2.05, 4.69) is 5.32 Å². The minimum Gasteiger partial charge on any atom is -0.508 e. The molecule has 0 unspecified atom stereocenters. The average Bonchev–Trinajstić information content (AvgIpc) is 2.14. The molecular weight excluding hydrogens is 198 g/mol. The highest BCUT2D eigenvalue weighted by molar-refractivity contribution is 5.96. The molecular formula is C10H13NO4. The lowest BCUT2D eigenvalue weighted by Gasteiger charge is -2.08. The van der Waals surface area contributed by atoms with E-state index in [0.29, 0.717) is 0 Å².